The molecule has 26 nitrogen and oxygen atoms in total. The van der Waals surface area contributed by atoms with Gasteiger partial charge in [-0.15, -0.1) is 0 Å². The summed E-state index contributed by atoms with van der Waals surface area (Å²) < 4.78 is 16.0. The number of pyridine rings is 4. The number of carbonyl (C=O) groups excluding carboxylic acids is 5. The number of carbonyl (C=O) groups is 5. The fourth-order valence-electron chi connectivity index (χ4n) is 21.8. The predicted molar refractivity (Wildman–Crippen MR) is 519 cm³/mol. The molecule has 0 bridgehead atoms. The summed E-state index contributed by atoms with van der Waals surface area (Å²) in [5, 5.41) is 81.4. The van der Waals surface area contributed by atoms with E-state index in [-0.39, 0.29) is 41.9 Å². The molecule has 10 aliphatic rings. The van der Waals surface area contributed by atoms with Crippen LogP contribution in [0, 0.1) is 45.3 Å². The third kappa shape index (κ3) is 20.5. The summed E-state index contributed by atoms with van der Waals surface area (Å²) in [5.41, 5.74) is 8.28. The Balaban J connectivity index is 0.000000128. The Morgan fingerprint density at radius 1 is 0.441 bits per heavy atom. The Labute approximate surface area is 805 Å². The molecule has 4 amide bonds. The van der Waals surface area contributed by atoms with Gasteiger partial charge in [0.25, 0.3) is 17.7 Å². The van der Waals surface area contributed by atoms with Crippen LogP contribution in [0.1, 0.15) is 241 Å². The van der Waals surface area contributed by atoms with E-state index in [4.69, 9.17) is 37.4 Å². The third-order valence-electron chi connectivity index (χ3n) is 29.6. The molecule has 6 atom stereocenters. The second kappa shape index (κ2) is 42.3. The van der Waals surface area contributed by atoms with Gasteiger partial charge in [-0.1, -0.05) is 159 Å². The molecule has 3 aliphatic carbocycles. The lowest BCUT2D eigenvalue weighted by Crippen LogP contribution is -2.46. The van der Waals surface area contributed by atoms with Crippen LogP contribution in [0.2, 0.25) is 10.3 Å². The zero-order chi connectivity index (χ0) is 95.6. The number of aliphatic hydroxyl groups is 3. The molecule has 0 spiro atoms. The largest absolute Gasteiger partial charge is 0.481 e. The van der Waals surface area contributed by atoms with E-state index in [1.807, 2.05) is 109 Å². The molecule has 28 heteroatoms. The number of ether oxygens (including phenoxy) is 3. The SMILES string of the molecule is CC(C)(C)OC(=O)N1CCC(C#N)(c2cccc(Cl)n2)CC1.COc1cccc(C2(C#N)CCN(Cc3cc4c(c5ccccc35)CN([C@H]3CCCC[C@@H]3O)C4=O)CC2)n1.COc1cccc(C2(C#N)CCN(Cc3cc4c(c5ccccc35)CN([C@H]3CCCC[C@@H]3O)C4=O)CC2)n1.N#CC1(c2cccc(Cl)n2)CCNCC1.O=Cc1cc2c(c3ccccc13)CN([C@H]1CCCC[C@@H]1O)C2=O. The molecule has 4 aromatic heterocycles. The van der Waals surface area contributed by atoms with Crippen molar-refractivity contribution in [2.45, 2.75) is 246 Å². The van der Waals surface area contributed by atoms with Gasteiger partial charge in [-0.25, -0.2) is 24.7 Å². The summed E-state index contributed by atoms with van der Waals surface area (Å²) in [5.74, 6) is 1.10. The van der Waals surface area contributed by atoms with Gasteiger partial charge in [0.1, 0.15) is 37.6 Å². The second-order valence-electron chi connectivity index (χ2n) is 38.8. The number of nitrogens with one attached hydrogen (secondary N) is 1. The van der Waals surface area contributed by atoms with Crippen LogP contribution in [0.25, 0.3) is 32.3 Å². The van der Waals surface area contributed by atoms with Gasteiger partial charge in [0.15, 0.2) is 6.29 Å². The van der Waals surface area contributed by atoms with Gasteiger partial charge in [-0.3, -0.25) is 29.0 Å². The first-order valence-corrected chi connectivity index (χ1v) is 48.7. The molecule has 3 saturated carbocycles. The van der Waals surface area contributed by atoms with Crippen molar-refractivity contribution in [3.05, 3.63) is 247 Å². The first-order chi connectivity index (χ1) is 65.8. The highest BCUT2D eigenvalue weighted by Crippen LogP contribution is 2.45. The van der Waals surface area contributed by atoms with Crippen molar-refractivity contribution in [3.63, 3.8) is 0 Å². The fraction of sp³-hybridized carbons (Fsp3) is 0.454. The minimum absolute atomic E-state index is 0.0455. The van der Waals surface area contributed by atoms with E-state index in [0.717, 1.165) is 226 Å². The molecule has 11 heterocycles. The Morgan fingerprint density at radius 2 is 0.765 bits per heavy atom. The van der Waals surface area contributed by atoms with Crippen molar-refractivity contribution in [3.8, 4) is 36.0 Å². The number of hydrogen-bond acceptors (Lipinski definition) is 22. The Hall–Kier alpha value is -12.1. The Bertz CT molecular complexity index is 6050. The van der Waals surface area contributed by atoms with Gasteiger partial charge in [-0.05, 0) is 238 Å². The molecule has 20 rings (SSSR count). The van der Waals surface area contributed by atoms with E-state index in [0.29, 0.717) is 110 Å². The van der Waals surface area contributed by atoms with Gasteiger partial charge in [-0.2, -0.15) is 21.0 Å². The molecule has 7 fully saturated rings. The molecule has 0 unspecified atom stereocenters. The number of aliphatic hydroxyl groups excluding tert-OH is 3. The lowest BCUT2D eigenvalue weighted by molar-refractivity contribution is 0.0182. The summed E-state index contributed by atoms with van der Waals surface area (Å²) in [6.07, 6.45) is 15.6. The zero-order valence-electron chi connectivity index (χ0n) is 78.1. The fourth-order valence-corrected chi connectivity index (χ4v) is 22.2. The van der Waals surface area contributed by atoms with Gasteiger partial charge >= 0.3 is 6.09 Å². The molecule has 7 aliphatic heterocycles. The van der Waals surface area contributed by atoms with Crippen LogP contribution in [0.15, 0.2) is 164 Å². The number of nitriles is 4. The van der Waals surface area contributed by atoms with Crippen LogP contribution in [-0.4, -0.2) is 203 Å². The van der Waals surface area contributed by atoms with Gasteiger partial charge in [0, 0.05) is 106 Å². The molecule has 6 aromatic carbocycles. The van der Waals surface area contributed by atoms with E-state index in [1.54, 1.807) is 60.4 Å². The van der Waals surface area contributed by atoms with Crippen molar-refractivity contribution in [1.29, 1.82) is 21.0 Å². The predicted octanol–water partition coefficient (Wildman–Crippen LogP) is 17.4. The smallest absolute Gasteiger partial charge is 0.410 e. The van der Waals surface area contributed by atoms with Crippen LogP contribution in [0.3, 0.4) is 0 Å². The average molecular weight is 1870 g/mol. The van der Waals surface area contributed by atoms with E-state index in [9.17, 15) is 60.3 Å². The summed E-state index contributed by atoms with van der Waals surface area (Å²) in [6, 6.07) is 62.0. The highest BCUT2D eigenvalue weighted by Gasteiger charge is 2.47. The highest BCUT2D eigenvalue weighted by atomic mass is 35.5. The van der Waals surface area contributed by atoms with Crippen LogP contribution in [0.5, 0.6) is 11.8 Å². The van der Waals surface area contributed by atoms with Crippen molar-refractivity contribution in [1.82, 2.24) is 54.7 Å². The topological polar surface area (TPSA) is 352 Å². The summed E-state index contributed by atoms with van der Waals surface area (Å²) >= 11 is 11.8. The van der Waals surface area contributed by atoms with Crippen LogP contribution in [-0.2, 0) is 59.1 Å². The normalized spacial score (nSPS) is 22.1. The van der Waals surface area contributed by atoms with E-state index < -0.39 is 45.6 Å². The highest BCUT2D eigenvalue weighted by molar-refractivity contribution is 6.29. The third-order valence-corrected chi connectivity index (χ3v) is 30.0. The molecule has 706 valence electrons. The molecule has 136 heavy (non-hydrogen) atoms. The number of likely N-dealkylation sites (tertiary alicyclic amines) is 3. The van der Waals surface area contributed by atoms with Crippen LogP contribution in [0.4, 0.5) is 4.79 Å². The molecular weight excluding hydrogens is 1750 g/mol. The zero-order valence-corrected chi connectivity index (χ0v) is 79.6. The van der Waals surface area contributed by atoms with Crippen molar-refractivity contribution in [2.24, 2.45) is 0 Å². The van der Waals surface area contributed by atoms with E-state index in [2.05, 4.69) is 108 Å². The van der Waals surface area contributed by atoms with Crippen LogP contribution < -0.4 is 14.8 Å². The number of rotatable bonds is 14. The number of benzene rings is 6. The molecule has 4 saturated heterocycles. The first-order valence-electron chi connectivity index (χ1n) is 47.9. The molecular formula is C108H119Cl2N15O11. The number of amides is 4. The maximum absolute atomic E-state index is 13.6. The monoisotopic (exact) mass is 1870 g/mol. The lowest BCUT2D eigenvalue weighted by Gasteiger charge is -2.37. The van der Waals surface area contributed by atoms with Crippen molar-refractivity contribution < 1.29 is 53.5 Å². The number of halogens is 2. The average Bonchev–Trinajstić information content (AvgIpc) is 1.66. The first kappa shape index (κ1) is 97.0. The van der Waals surface area contributed by atoms with Gasteiger partial charge in [0.05, 0.1) is 97.7 Å². The van der Waals surface area contributed by atoms with Crippen molar-refractivity contribution in [2.75, 3.05) is 66.6 Å². The summed E-state index contributed by atoms with van der Waals surface area (Å²) in [4.78, 5) is 93.3. The standard InChI is InChI=1S/2C31H34N4O3.C19H19NO3.C16H20ClN3O2.C11H12ClN3/c2*1-38-29-12-6-11-28(33-29)31(20-32)13-15-34(16-14-31)18-21-17-24-25(23-8-3-2-7-22(21)23)19-35(30(24)37)26-9-4-5-10-27(26)36;21-11-12-9-15-16(14-6-2-1-5-13(12)14)10-20(19(15)23)17-7-3-4-8-18(17)22;1-15(2,3)22-14(21)20-9-7-16(11-18,8-10-20)12-5-4-6-13(17)19-12;12-10-3-1-2-9(15-10)11(8-13)4-6-14-7-5-11/h2*2-3,6-8,11-12,17,26-27,36H,4-5,9-10,13-16,18-19H2,1H3;1-2,5-6,9,11,17-18,22H,3-4,7-8,10H2;4-6H,7-10H2,1-3H3;1-3,14H,4-7H2/t2*26-,27-;17-,18-;;/m000../s1. The molecule has 4 N–H and O–H groups in total. The molecule has 0 radical (unpaired) electrons. The Morgan fingerprint density at radius 3 is 1.11 bits per heavy atom. The van der Waals surface area contributed by atoms with Gasteiger partial charge in [0.2, 0.25) is 11.8 Å². The van der Waals surface area contributed by atoms with E-state index >= 15 is 0 Å². The maximum atomic E-state index is 13.6. The number of piperidine rings is 4. The van der Waals surface area contributed by atoms with E-state index in [1.165, 1.54) is 10.8 Å². The summed E-state index contributed by atoms with van der Waals surface area (Å²) in [7, 11) is 3.19. The minimum Gasteiger partial charge on any atom is -0.481 e. The van der Waals surface area contributed by atoms with Crippen molar-refractivity contribution >= 4 is 85.6 Å². The summed E-state index contributed by atoms with van der Waals surface area (Å²) in [6.45, 7) is 14.4. The number of hydrogen-bond donors (Lipinski definition) is 4. The number of aldehydes is 1. The second-order valence-corrected chi connectivity index (χ2v) is 39.6. The Kier molecular flexibility index (Phi) is 30.2. The van der Waals surface area contributed by atoms with Crippen LogP contribution >= 0.6 is 23.2 Å². The number of aromatic nitrogens is 4. The van der Waals surface area contributed by atoms with Gasteiger partial charge < -0.3 is 54.4 Å². The minimum atomic E-state index is -0.691. The molecule has 10 aromatic rings. The number of nitrogens with zero attached hydrogens (tertiary/aromatic N) is 14. The maximum Gasteiger partial charge on any atom is 0.410 e. The number of fused-ring (bicyclic) bond motifs is 9. The lowest BCUT2D eigenvalue weighted by atomic mass is 9.76. The number of methoxy groups -OCH3 is 2. The quantitative estimate of drug-likeness (QED) is 0.0580.